The van der Waals surface area contributed by atoms with Gasteiger partial charge in [0.05, 0.1) is 0 Å². The topological polar surface area (TPSA) is 78.9 Å². The van der Waals surface area contributed by atoms with E-state index in [1.165, 1.54) is 122 Å². The quantitative estimate of drug-likeness (QED) is 0.0261. The summed E-state index contributed by atoms with van der Waals surface area (Å²) in [4.78, 5) is 38.3. The molecule has 0 aromatic carbocycles. The van der Waals surface area contributed by atoms with Crippen molar-refractivity contribution in [2.24, 2.45) is 0 Å². The number of allylic oxidation sites excluding steroid dienone is 20. The second-order valence-electron chi connectivity index (χ2n) is 21.3. The third-order valence-electron chi connectivity index (χ3n) is 13.7. The Balaban J connectivity index is 4.41. The van der Waals surface area contributed by atoms with Crippen LogP contribution in [0.2, 0.25) is 0 Å². The van der Waals surface area contributed by atoms with E-state index in [0.29, 0.717) is 19.3 Å². The Bertz CT molecular complexity index is 1620. The zero-order chi connectivity index (χ0) is 56.4. The molecular formula is C72H120O6. The van der Waals surface area contributed by atoms with Gasteiger partial charge in [0.15, 0.2) is 6.10 Å². The standard InChI is InChI=1S/C72H120O6/c1-4-7-10-13-16-19-22-25-27-29-31-33-35-36-37-39-40-42-44-47-50-53-56-59-62-65-71(74)77-68-69(67-76-70(73)64-61-58-55-52-49-46-24-21-18-15-12-9-6-3)78-72(75)66-63-60-57-54-51-48-45-43-41-38-34-32-30-28-26-23-20-17-14-11-8-5-2/h7,9-10,12,16,18-19,21,25,27,31,33,36-37,40,42,46-47,49-50,69H,4-6,8,11,13-15,17,20,22-24,26,28-30,32,34-35,38-39,41,43-45,48,51-68H2,1-3H3/b10-7-,12-9-,19-16-,21-18-,27-25-,33-31-,37-36-,42-40-,49-46-,50-47-. The molecule has 0 heterocycles. The van der Waals surface area contributed by atoms with Crippen LogP contribution >= 0.6 is 0 Å². The van der Waals surface area contributed by atoms with Crippen molar-refractivity contribution in [1.29, 1.82) is 0 Å². The summed E-state index contributed by atoms with van der Waals surface area (Å²) in [6.45, 7) is 6.38. The van der Waals surface area contributed by atoms with Crippen molar-refractivity contribution in [2.45, 2.75) is 303 Å². The number of hydrogen-bond acceptors (Lipinski definition) is 6. The van der Waals surface area contributed by atoms with Gasteiger partial charge in [0.2, 0.25) is 0 Å². The summed E-state index contributed by atoms with van der Waals surface area (Å²) >= 11 is 0. The van der Waals surface area contributed by atoms with Crippen molar-refractivity contribution >= 4 is 17.9 Å². The minimum atomic E-state index is -0.807. The summed E-state index contributed by atoms with van der Waals surface area (Å²) in [5.41, 5.74) is 0. The molecule has 6 nitrogen and oxygen atoms in total. The van der Waals surface area contributed by atoms with Crippen LogP contribution < -0.4 is 0 Å². The molecule has 0 aliphatic heterocycles. The molecule has 1 unspecified atom stereocenters. The normalized spacial score (nSPS) is 12.9. The van der Waals surface area contributed by atoms with E-state index in [1.54, 1.807) is 0 Å². The third kappa shape index (κ3) is 62.7. The molecule has 0 aliphatic carbocycles. The number of ether oxygens (including phenoxy) is 3. The molecule has 0 N–H and O–H groups in total. The molecule has 0 fully saturated rings. The van der Waals surface area contributed by atoms with E-state index in [4.69, 9.17) is 14.2 Å². The predicted octanol–water partition coefficient (Wildman–Crippen LogP) is 22.4. The van der Waals surface area contributed by atoms with Crippen LogP contribution in [0.1, 0.15) is 297 Å². The van der Waals surface area contributed by atoms with Crippen LogP contribution in [0, 0.1) is 0 Å². The maximum absolute atomic E-state index is 12.9. The third-order valence-corrected chi connectivity index (χ3v) is 13.7. The van der Waals surface area contributed by atoms with Gasteiger partial charge >= 0.3 is 17.9 Å². The van der Waals surface area contributed by atoms with Crippen LogP contribution in [0.25, 0.3) is 0 Å². The number of carbonyl (C=O) groups is 3. The fourth-order valence-electron chi connectivity index (χ4n) is 8.91. The predicted molar refractivity (Wildman–Crippen MR) is 339 cm³/mol. The zero-order valence-electron chi connectivity index (χ0n) is 50.9. The Labute approximate surface area is 482 Å². The lowest BCUT2D eigenvalue weighted by Gasteiger charge is -2.18. The van der Waals surface area contributed by atoms with Gasteiger partial charge in [-0.3, -0.25) is 14.4 Å². The largest absolute Gasteiger partial charge is 0.462 e. The Morgan fingerprint density at radius 2 is 0.500 bits per heavy atom. The molecule has 0 rings (SSSR count). The van der Waals surface area contributed by atoms with Crippen molar-refractivity contribution in [3.05, 3.63) is 122 Å². The van der Waals surface area contributed by atoms with Gasteiger partial charge in [0.1, 0.15) is 13.2 Å². The fraction of sp³-hybridized carbons (Fsp3) is 0.681. The smallest absolute Gasteiger partial charge is 0.306 e. The molecule has 1 atom stereocenters. The van der Waals surface area contributed by atoms with Crippen LogP contribution in [0.3, 0.4) is 0 Å². The summed E-state index contributed by atoms with van der Waals surface area (Å²) in [5, 5.41) is 0. The van der Waals surface area contributed by atoms with Gasteiger partial charge in [0.25, 0.3) is 0 Å². The molecule has 0 saturated heterocycles. The minimum Gasteiger partial charge on any atom is -0.462 e. The molecule has 0 radical (unpaired) electrons. The molecule has 6 heteroatoms. The maximum Gasteiger partial charge on any atom is 0.306 e. The molecule has 0 aromatic heterocycles. The monoisotopic (exact) mass is 1080 g/mol. The number of esters is 3. The Morgan fingerprint density at radius 3 is 0.782 bits per heavy atom. The van der Waals surface area contributed by atoms with Crippen LogP contribution in [0.15, 0.2) is 122 Å². The van der Waals surface area contributed by atoms with Gasteiger partial charge in [-0.05, 0) is 109 Å². The highest BCUT2D eigenvalue weighted by atomic mass is 16.6. The zero-order valence-corrected chi connectivity index (χ0v) is 50.9. The lowest BCUT2D eigenvalue weighted by molar-refractivity contribution is -0.167. The van der Waals surface area contributed by atoms with Crippen molar-refractivity contribution in [3.63, 3.8) is 0 Å². The molecule has 0 saturated carbocycles. The summed E-state index contributed by atoms with van der Waals surface area (Å²) in [5.74, 6) is -0.957. The lowest BCUT2D eigenvalue weighted by Crippen LogP contribution is -2.30. The summed E-state index contributed by atoms with van der Waals surface area (Å²) in [6, 6.07) is 0. The van der Waals surface area contributed by atoms with E-state index in [9.17, 15) is 14.4 Å². The van der Waals surface area contributed by atoms with Crippen LogP contribution in [0.4, 0.5) is 0 Å². The van der Waals surface area contributed by atoms with Gasteiger partial charge < -0.3 is 14.2 Å². The molecule has 0 bridgehead atoms. The van der Waals surface area contributed by atoms with Crippen molar-refractivity contribution in [1.82, 2.24) is 0 Å². The number of hydrogen-bond donors (Lipinski definition) is 0. The average Bonchev–Trinajstić information content (AvgIpc) is 3.44. The van der Waals surface area contributed by atoms with E-state index < -0.39 is 6.10 Å². The summed E-state index contributed by atoms with van der Waals surface area (Å²) in [6.07, 6.45) is 90.7. The van der Waals surface area contributed by atoms with Crippen molar-refractivity contribution in [3.8, 4) is 0 Å². The highest BCUT2D eigenvalue weighted by molar-refractivity contribution is 5.71. The molecule has 78 heavy (non-hydrogen) atoms. The van der Waals surface area contributed by atoms with Crippen LogP contribution in [0.5, 0.6) is 0 Å². The molecule has 0 amide bonds. The first-order valence-corrected chi connectivity index (χ1v) is 32.5. The van der Waals surface area contributed by atoms with E-state index in [1.807, 2.05) is 0 Å². The first-order chi connectivity index (χ1) is 38.5. The summed E-state index contributed by atoms with van der Waals surface area (Å²) < 4.78 is 16.9. The van der Waals surface area contributed by atoms with Gasteiger partial charge in [-0.1, -0.05) is 290 Å². The number of unbranched alkanes of at least 4 members (excludes halogenated alkanes) is 27. The average molecular weight is 1080 g/mol. The minimum absolute atomic E-state index is 0.105. The second kappa shape index (κ2) is 65.3. The number of carbonyl (C=O) groups excluding carboxylic acids is 3. The molecular weight excluding hydrogens is 961 g/mol. The highest BCUT2D eigenvalue weighted by Crippen LogP contribution is 2.17. The van der Waals surface area contributed by atoms with Crippen molar-refractivity contribution < 1.29 is 28.6 Å². The molecule has 0 aromatic rings. The number of rotatable bonds is 58. The molecule has 444 valence electrons. The lowest BCUT2D eigenvalue weighted by atomic mass is 10.0. The Morgan fingerprint density at radius 1 is 0.269 bits per heavy atom. The Kier molecular flexibility index (Phi) is 61.8. The van der Waals surface area contributed by atoms with Crippen molar-refractivity contribution in [2.75, 3.05) is 13.2 Å². The van der Waals surface area contributed by atoms with Gasteiger partial charge in [-0.2, -0.15) is 0 Å². The van der Waals surface area contributed by atoms with E-state index in [0.717, 1.165) is 135 Å². The highest BCUT2D eigenvalue weighted by Gasteiger charge is 2.19. The summed E-state index contributed by atoms with van der Waals surface area (Å²) in [7, 11) is 0. The SMILES string of the molecule is CC/C=C\C/C=C\C/C=C\C/C=C\C/C=C\C/C=C\C/C=C\CCCCCC(=O)OCC(COC(=O)CCCCC/C=C\C/C=C\C/C=C\CC)OC(=O)CCCCCCCCCCCCCCCCCCCCCCCC. The van der Waals surface area contributed by atoms with Crippen LogP contribution in [-0.2, 0) is 28.6 Å². The Hall–Kier alpha value is -4.19. The van der Waals surface area contributed by atoms with Crippen LogP contribution in [-0.4, -0.2) is 37.2 Å². The first-order valence-electron chi connectivity index (χ1n) is 32.5. The van der Waals surface area contributed by atoms with E-state index >= 15 is 0 Å². The van der Waals surface area contributed by atoms with Gasteiger partial charge in [-0.15, -0.1) is 0 Å². The molecule has 0 spiro atoms. The van der Waals surface area contributed by atoms with Gasteiger partial charge in [-0.25, -0.2) is 0 Å². The second-order valence-corrected chi connectivity index (χ2v) is 21.3. The van der Waals surface area contributed by atoms with E-state index in [-0.39, 0.29) is 31.1 Å². The maximum atomic E-state index is 12.9. The van der Waals surface area contributed by atoms with Gasteiger partial charge in [0, 0.05) is 19.3 Å². The first kappa shape index (κ1) is 73.8. The van der Waals surface area contributed by atoms with E-state index in [2.05, 4.69) is 142 Å². The fourth-order valence-corrected chi connectivity index (χ4v) is 8.91. The molecule has 0 aliphatic rings.